The molecule has 0 unspecified atom stereocenters. The van der Waals surface area contributed by atoms with Crippen molar-refractivity contribution in [2.24, 2.45) is 0 Å². The predicted octanol–water partition coefficient (Wildman–Crippen LogP) is 2.36. The zero-order chi connectivity index (χ0) is 12.4. The van der Waals surface area contributed by atoms with Crippen molar-refractivity contribution in [1.29, 1.82) is 0 Å². The Labute approximate surface area is 110 Å². The lowest BCUT2D eigenvalue weighted by molar-refractivity contribution is 0.152. The average Bonchev–Trinajstić information content (AvgIpc) is 3.10. The van der Waals surface area contributed by atoms with E-state index in [1.165, 1.54) is 6.42 Å². The fourth-order valence-electron chi connectivity index (χ4n) is 2.42. The van der Waals surface area contributed by atoms with Gasteiger partial charge in [-0.2, -0.15) is 0 Å². The van der Waals surface area contributed by atoms with E-state index in [9.17, 15) is 5.11 Å². The van der Waals surface area contributed by atoms with Crippen LogP contribution in [-0.2, 0) is 6.54 Å². The van der Waals surface area contributed by atoms with Crippen LogP contribution < -0.4 is 0 Å². The Morgan fingerprint density at radius 1 is 1.56 bits per heavy atom. The molecule has 1 saturated heterocycles. The van der Waals surface area contributed by atoms with Gasteiger partial charge >= 0.3 is 0 Å². The van der Waals surface area contributed by atoms with Crippen LogP contribution in [0.3, 0.4) is 0 Å². The minimum atomic E-state index is 0.249. The van der Waals surface area contributed by atoms with E-state index < -0.39 is 0 Å². The summed E-state index contributed by atoms with van der Waals surface area (Å²) in [5.41, 5.74) is 2.11. The summed E-state index contributed by atoms with van der Waals surface area (Å²) in [6.07, 6.45) is 5.65. The summed E-state index contributed by atoms with van der Waals surface area (Å²) >= 11 is 1.64. The molecule has 0 aliphatic carbocycles. The van der Waals surface area contributed by atoms with Crippen LogP contribution in [0.2, 0.25) is 0 Å². The number of hydrogen-bond donors (Lipinski definition) is 1. The normalized spacial score (nSPS) is 20.6. The third-order valence-electron chi connectivity index (χ3n) is 3.39. The number of aliphatic hydroxyl groups is 1. The molecule has 1 aliphatic rings. The van der Waals surface area contributed by atoms with Crippen LogP contribution in [0, 0.1) is 0 Å². The molecule has 18 heavy (non-hydrogen) atoms. The summed E-state index contributed by atoms with van der Waals surface area (Å²) in [6, 6.07) is 2.23. The summed E-state index contributed by atoms with van der Waals surface area (Å²) in [5, 5.41) is 12.4. The van der Waals surface area contributed by atoms with Crippen LogP contribution in [0.15, 0.2) is 28.4 Å². The van der Waals surface area contributed by atoms with Gasteiger partial charge < -0.3 is 9.52 Å². The Morgan fingerprint density at radius 3 is 3.28 bits per heavy atom. The number of furan rings is 1. The Hall–Kier alpha value is -1.17. The fourth-order valence-corrected chi connectivity index (χ4v) is 3.21. The number of thiazole rings is 1. The van der Waals surface area contributed by atoms with Crippen molar-refractivity contribution < 1.29 is 9.52 Å². The highest BCUT2D eigenvalue weighted by Gasteiger charge is 2.24. The van der Waals surface area contributed by atoms with Crippen molar-refractivity contribution >= 4 is 11.3 Å². The maximum atomic E-state index is 9.30. The average molecular weight is 264 g/mol. The van der Waals surface area contributed by atoms with E-state index in [1.807, 2.05) is 6.07 Å². The Balaban J connectivity index is 1.70. The number of aromatic nitrogens is 1. The van der Waals surface area contributed by atoms with Crippen LogP contribution in [0.25, 0.3) is 10.6 Å². The first-order valence-electron chi connectivity index (χ1n) is 6.18. The van der Waals surface area contributed by atoms with Gasteiger partial charge in [0, 0.05) is 23.5 Å². The third kappa shape index (κ3) is 2.34. The molecule has 1 atom stereocenters. The van der Waals surface area contributed by atoms with Crippen LogP contribution >= 0.6 is 11.3 Å². The Bertz CT molecular complexity index is 495. The maximum Gasteiger partial charge on any atom is 0.126 e. The highest BCUT2D eigenvalue weighted by Crippen LogP contribution is 2.26. The second-order valence-corrected chi connectivity index (χ2v) is 5.46. The molecule has 0 spiro atoms. The molecule has 0 amide bonds. The first kappa shape index (κ1) is 11.9. The molecule has 1 fully saturated rings. The van der Waals surface area contributed by atoms with E-state index in [-0.39, 0.29) is 6.61 Å². The summed E-state index contributed by atoms with van der Waals surface area (Å²) < 4.78 is 5.07. The molecule has 0 aromatic carbocycles. The predicted molar refractivity (Wildman–Crippen MR) is 70.3 cm³/mol. The number of likely N-dealkylation sites (tertiary alicyclic amines) is 1. The number of nitrogens with zero attached hydrogens (tertiary/aromatic N) is 2. The van der Waals surface area contributed by atoms with E-state index in [4.69, 9.17) is 4.42 Å². The van der Waals surface area contributed by atoms with Crippen LogP contribution in [-0.4, -0.2) is 34.2 Å². The molecule has 0 bridgehead atoms. The highest BCUT2D eigenvalue weighted by atomic mass is 32.1. The van der Waals surface area contributed by atoms with Gasteiger partial charge in [-0.25, -0.2) is 4.98 Å². The molecular weight excluding hydrogens is 248 g/mol. The molecule has 96 valence electrons. The van der Waals surface area contributed by atoms with Gasteiger partial charge in [0.05, 0.1) is 18.6 Å². The van der Waals surface area contributed by atoms with E-state index in [0.717, 1.165) is 35.8 Å². The van der Waals surface area contributed by atoms with E-state index >= 15 is 0 Å². The Kier molecular flexibility index (Phi) is 3.45. The maximum absolute atomic E-state index is 9.30. The SMILES string of the molecule is OC[C@H]1CCCN1Cc1csc(-c2ccoc2)n1. The molecule has 1 aliphatic heterocycles. The fraction of sp³-hybridized carbons (Fsp3) is 0.462. The number of hydrogen-bond acceptors (Lipinski definition) is 5. The van der Waals surface area contributed by atoms with Crippen molar-refractivity contribution in [1.82, 2.24) is 9.88 Å². The highest BCUT2D eigenvalue weighted by molar-refractivity contribution is 7.13. The van der Waals surface area contributed by atoms with Crippen LogP contribution in [0.4, 0.5) is 0 Å². The van der Waals surface area contributed by atoms with Gasteiger partial charge in [-0.15, -0.1) is 11.3 Å². The summed E-state index contributed by atoms with van der Waals surface area (Å²) in [4.78, 5) is 6.93. The van der Waals surface area contributed by atoms with Crippen molar-refractivity contribution in [3.05, 3.63) is 29.7 Å². The lowest BCUT2D eigenvalue weighted by Crippen LogP contribution is -2.31. The second kappa shape index (κ2) is 5.22. The molecule has 2 aromatic rings. The lowest BCUT2D eigenvalue weighted by atomic mass is 10.2. The topological polar surface area (TPSA) is 49.5 Å². The molecular formula is C13H16N2O2S. The van der Waals surface area contributed by atoms with Crippen LogP contribution in [0.5, 0.6) is 0 Å². The summed E-state index contributed by atoms with van der Waals surface area (Å²) in [6.45, 7) is 2.14. The van der Waals surface area contributed by atoms with Crippen molar-refractivity contribution in [3.63, 3.8) is 0 Å². The molecule has 3 rings (SSSR count). The zero-order valence-corrected chi connectivity index (χ0v) is 10.9. The monoisotopic (exact) mass is 264 g/mol. The van der Waals surface area contributed by atoms with Crippen molar-refractivity contribution in [2.45, 2.75) is 25.4 Å². The summed E-state index contributed by atoms with van der Waals surface area (Å²) in [5.74, 6) is 0. The third-order valence-corrected chi connectivity index (χ3v) is 4.33. The first-order chi connectivity index (χ1) is 8.86. The molecule has 1 N–H and O–H groups in total. The van der Waals surface area contributed by atoms with E-state index in [0.29, 0.717) is 6.04 Å². The van der Waals surface area contributed by atoms with Crippen molar-refractivity contribution in [3.8, 4) is 10.6 Å². The lowest BCUT2D eigenvalue weighted by Gasteiger charge is -2.21. The van der Waals surface area contributed by atoms with Gasteiger partial charge in [-0.1, -0.05) is 0 Å². The van der Waals surface area contributed by atoms with Crippen LogP contribution in [0.1, 0.15) is 18.5 Å². The first-order valence-corrected chi connectivity index (χ1v) is 7.06. The van der Waals surface area contributed by atoms with Gasteiger partial charge in [0.1, 0.15) is 11.3 Å². The van der Waals surface area contributed by atoms with Gasteiger partial charge in [-0.05, 0) is 25.5 Å². The molecule has 2 aromatic heterocycles. The quantitative estimate of drug-likeness (QED) is 0.921. The Morgan fingerprint density at radius 2 is 2.50 bits per heavy atom. The standard InChI is InChI=1S/C13H16N2O2S/c16-7-12-2-1-4-15(12)6-11-9-18-13(14-11)10-3-5-17-8-10/h3,5,8-9,12,16H,1-2,4,6-7H2/t12-/m1/s1. The smallest absolute Gasteiger partial charge is 0.126 e. The zero-order valence-electron chi connectivity index (χ0n) is 10.1. The second-order valence-electron chi connectivity index (χ2n) is 4.61. The van der Waals surface area contributed by atoms with E-state index in [1.54, 1.807) is 23.9 Å². The molecule has 0 radical (unpaired) electrons. The minimum Gasteiger partial charge on any atom is -0.472 e. The van der Waals surface area contributed by atoms with Gasteiger partial charge in [-0.3, -0.25) is 4.90 Å². The van der Waals surface area contributed by atoms with E-state index in [2.05, 4.69) is 15.3 Å². The molecule has 0 saturated carbocycles. The van der Waals surface area contributed by atoms with Crippen molar-refractivity contribution in [2.75, 3.05) is 13.2 Å². The molecule has 5 heteroatoms. The molecule has 3 heterocycles. The van der Waals surface area contributed by atoms with Gasteiger partial charge in [0.15, 0.2) is 0 Å². The largest absolute Gasteiger partial charge is 0.472 e. The summed E-state index contributed by atoms with van der Waals surface area (Å²) in [7, 11) is 0. The van der Waals surface area contributed by atoms with Gasteiger partial charge in [0.25, 0.3) is 0 Å². The molecule has 4 nitrogen and oxygen atoms in total. The minimum absolute atomic E-state index is 0.249. The van der Waals surface area contributed by atoms with Gasteiger partial charge in [0.2, 0.25) is 0 Å². The number of rotatable bonds is 4. The number of aliphatic hydroxyl groups excluding tert-OH is 1.